The van der Waals surface area contributed by atoms with Crippen LogP contribution in [0, 0.1) is 0 Å². The van der Waals surface area contributed by atoms with Gasteiger partial charge in [0.15, 0.2) is 0 Å². The molecule has 11 heteroatoms. The first kappa shape index (κ1) is 17.7. The number of sulfonamides is 1. The van der Waals surface area contributed by atoms with Crippen molar-refractivity contribution in [1.29, 1.82) is 0 Å². The fraction of sp³-hybridized carbons (Fsp3) is 1.00. The van der Waals surface area contributed by atoms with Crippen LogP contribution in [0.1, 0.15) is 12.8 Å². The Morgan fingerprint density at radius 3 is 2.10 bits per heavy atom. The van der Waals surface area contributed by atoms with Crippen molar-refractivity contribution < 1.29 is 35.1 Å². The number of hydrogen-bond acceptors (Lipinski definition) is 5. The van der Waals surface area contributed by atoms with Crippen molar-refractivity contribution in [2.75, 3.05) is 31.2 Å². The minimum atomic E-state index is -4.72. The van der Waals surface area contributed by atoms with E-state index in [9.17, 15) is 30.0 Å². The van der Waals surface area contributed by atoms with Gasteiger partial charge in [0.2, 0.25) is 10.0 Å². The number of nitrogens with zero attached hydrogens (tertiary/aromatic N) is 1. The molecule has 1 saturated heterocycles. The average molecular weight is 339 g/mol. The smallest absolute Gasteiger partial charge is 0.395 e. The predicted molar refractivity (Wildman–Crippen MR) is 65.3 cm³/mol. The second kappa shape index (κ2) is 6.16. The van der Waals surface area contributed by atoms with Gasteiger partial charge in [0.25, 0.3) is 0 Å². The van der Waals surface area contributed by atoms with Gasteiger partial charge in [0, 0.05) is 6.54 Å². The van der Waals surface area contributed by atoms with Gasteiger partial charge in [-0.25, -0.2) is 16.8 Å². The lowest BCUT2D eigenvalue weighted by Gasteiger charge is -2.29. The van der Waals surface area contributed by atoms with Gasteiger partial charge in [-0.3, -0.25) is 0 Å². The molecule has 1 aliphatic rings. The summed E-state index contributed by atoms with van der Waals surface area (Å²) in [4.78, 5) is 0. The molecular formula is C9H16F3NO5S2. The van der Waals surface area contributed by atoms with Crippen LogP contribution in [0.4, 0.5) is 13.2 Å². The van der Waals surface area contributed by atoms with Crippen LogP contribution < -0.4 is 0 Å². The van der Waals surface area contributed by atoms with Gasteiger partial charge < -0.3 is 5.11 Å². The average Bonchev–Trinajstić information content (AvgIpc) is 2.26. The maximum Gasteiger partial charge on any atom is 0.402 e. The standard InChI is InChI=1S/C9H16F3NO5S2/c10-9(11,12)7-13(3-4-14)20(17,18)8-1-5-19(15,16)6-2-8/h8,14H,1-7H2. The summed E-state index contributed by atoms with van der Waals surface area (Å²) in [5, 5.41) is 7.56. The van der Waals surface area contributed by atoms with Crippen molar-refractivity contribution in [3.8, 4) is 0 Å². The first-order valence-corrected chi connectivity index (χ1v) is 9.17. The molecule has 0 saturated carbocycles. The summed E-state index contributed by atoms with van der Waals surface area (Å²) >= 11 is 0. The second-order valence-corrected chi connectivity index (χ2v) is 9.09. The summed E-state index contributed by atoms with van der Waals surface area (Å²) in [5.41, 5.74) is 0. The highest BCUT2D eigenvalue weighted by molar-refractivity contribution is 7.92. The Hall–Kier alpha value is -0.390. The molecular weight excluding hydrogens is 323 g/mol. The van der Waals surface area contributed by atoms with E-state index in [1.807, 2.05) is 0 Å². The molecule has 1 N–H and O–H groups in total. The van der Waals surface area contributed by atoms with E-state index in [0.29, 0.717) is 0 Å². The Balaban J connectivity index is 2.88. The Bertz CT molecular complexity index is 514. The van der Waals surface area contributed by atoms with Crippen molar-refractivity contribution in [1.82, 2.24) is 4.31 Å². The Kier molecular flexibility index (Phi) is 5.44. The van der Waals surface area contributed by atoms with Crippen molar-refractivity contribution in [3.05, 3.63) is 0 Å². The zero-order valence-corrected chi connectivity index (χ0v) is 12.1. The second-order valence-electron chi connectivity index (χ2n) is 4.57. The maximum absolute atomic E-state index is 12.4. The van der Waals surface area contributed by atoms with Crippen LogP contribution >= 0.6 is 0 Å². The number of halogens is 3. The summed E-state index contributed by atoms with van der Waals surface area (Å²) in [6.07, 6.45) is -5.15. The summed E-state index contributed by atoms with van der Waals surface area (Å²) in [6.45, 7) is -3.08. The molecule has 0 aliphatic carbocycles. The quantitative estimate of drug-likeness (QED) is 0.746. The fourth-order valence-corrected chi connectivity index (χ4v) is 5.69. The molecule has 0 atom stereocenters. The molecule has 1 fully saturated rings. The molecule has 1 rings (SSSR count). The number of sulfone groups is 1. The molecule has 0 radical (unpaired) electrons. The molecule has 20 heavy (non-hydrogen) atoms. The zero-order valence-electron chi connectivity index (χ0n) is 10.5. The number of hydrogen-bond donors (Lipinski definition) is 1. The molecule has 0 bridgehead atoms. The first-order valence-electron chi connectivity index (χ1n) is 5.85. The van der Waals surface area contributed by atoms with Crippen LogP contribution in [-0.4, -0.2) is 68.9 Å². The van der Waals surface area contributed by atoms with E-state index in [1.54, 1.807) is 0 Å². The SMILES string of the molecule is O=S1(=O)CCC(S(=O)(=O)N(CCO)CC(F)(F)F)CC1. The van der Waals surface area contributed by atoms with E-state index < -0.39 is 51.0 Å². The maximum atomic E-state index is 12.4. The van der Waals surface area contributed by atoms with Crippen LogP contribution in [0.3, 0.4) is 0 Å². The summed E-state index contributed by atoms with van der Waals surface area (Å²) in [5.74, 6) is -0.703. The van der Waals surface area contributed by atoms with E-state index in [1.165, 1.54) is 0 Å². The van der Waals surface area contributed by atoms with E-state index in [0.717, 1.165) is 0 Å². The van der Waals surface area contributed by atoms with Gasteiger partial charge >= 0.3 is 6.18 Å². The minimum absolute atomic E-state index is 0.176. The van der Waals surface area contributed by atoms with Gasteiger partial charge in [0.05, 0.1) is 23.4 Å². The summed E-state index contributed by atoms with van der Waals surface area (Å²) in [6, 6.07) is 0. The Labute approximate surface area is 115 Å². The third-order valence-corrected chi connectivity index (χ3v) is 7.05. The fourth-order valence-electron chi connectivity index (χ4n) is 1.98. The lowest BCUT2D eigenvalue weighted by Crippen LogP contribution is -2.47. The van der Waals surface area contributed by atoms with Gasteiger partial charge in [-0.05, 0) is 12.8 Å². The van der Waals surface area contributed by atoms with Gasteiger partial charge in [0.1, 0.15) is 16.4 Å². The van der Waals surface area contributed by atoms with E-state index >= 15 is 0 Å². The van der Waals surface area contributed by atoms with E-state index in [-0.39, 0.29) is 28.7 Å². The molecule has 6 nitrogen and oxygen atoms in total. The molecule has 0 aromatic heterocycles. The molecule has 0 unspecified atom stereocenters. The highest BCUT2D eigenvalue weighted by Gasteiger charge is 2.41. The van der Waals surface area contributed by atoms with Gasteiger partial charge in [-0.1, -0.05) is 0 Å². The molecule has 0 spiro atoms. The third kappa shape index (κ3) is 4.86. The summed E-state index contributed by atoms with van der Waals surface area (Å²) < 4.78 is 83.9. The van der Waals surface area contributed by atoms with Crippen LogP contribution in [0.5, 0.6) is 0 Å². The molecule has 0 aromatic rings. The summed E-state index contributed by atoms with van der Waals surface area (Å²) in [7, 11) is -7.58. The van der Waals surface area contributed by atoms with Crippen molar-refractivity contribution in [2.24, 2.45) is 0 Å². The first-order chi connectivity index (χ1) is 8.98. The van der Waals surface area contributed by atoms with Gasteiger partial charge in [-0.15, -0.1) is 0 Å². The number of rotatable bonds is 5. The largest absolute Gasteiger partial charge is 0.402 e. The number of aliphatic hydroxyl groups excluding tert-OH is 1. The third-order valence-electron chi connectivity index (χ3n) is 2.99. The van der Waals surface area contributed by atoms with E-state index in [4.69, 9.17) is 5.11 Å². The van der Waals surface area contributed by atoms with Crippen LogP contribution in [0.15, 0.2) is 0 Å². The minimum Gasteiger partial charge on any atom is -0.395 e. The van der Waals surface area contributed by atoms with Crippen molar-refractivity contribution >= 4 is 19.9 Å². The van der Waals surface area contributed by atoms with Crippen LogP contribution in [0.2, 0.25) is 0 Å². The van der Waals surface area contributed by atoms with Crippen molar-refractivity contribution in [2.45, 2.75) is 24.3 Å². The zero-order chi connectivity index (χ0) is 15.6. The molecule has 120 valence electrons. The molecule has 0 aromatic carbocycles. The lowest BCUT2D eigenvalue weighted by atomic mass is 10.2. The molecule has 0 amide bonds. The van der Waals surface area contributed by atoms with Crippen molar-refractivity contribution in [3.63, 3.8) is 0 Å². The van der Waals surface area contributed by atoms with Crippen LogP contribution in [-0.2, 0) is 19.9 Å². The monoisotopic (exact) mass is 339 g/mol. The normalized spacial score (nSPS) is 21.2. The molecule has 1 heterocycles. The van der Waals surface area contributed by atoms with Gasteiger partial charge in [-0.2, -0.15) is 17.5 Å². The van der Waals surface area contributed by atoms with E-state index in [2.05, 4.69) is 0 Å². The Morgan fingerprint density at radius 1 is 1.20 bits per heavy atom. The number of aliphatic hydroxyl groups is 1. The number of alkyl halides is 3. The predicted octanol–water partition coefficient (Wildman–Crippen LogP) is -0.250. The highest BCUT2D eigenvalue weighted by atomic mass is 32.2. The lowest BCUT2D eigenvalue weighted by molar-refractivity contribution is -0.136. The molecule has 1 aliphatic heterocycles. The Morgan fingerprint density at radius 2 is 1.70 bits per heavy atom. The van der Waals surface area contributed by atoms with Crippen LogP contribution in [0.25, 0.3) is 0 Å². The topological polar surface area (TPSA) is 91.8 Å². The highest BCUT2D eigenvalue weighted by Crippen LogP contribution is 2.25.